The Morgan fingerprint density at radius 3 is 2.59 bits per heavy atom. The van der Waals surface area contributed by atoms with E-state index in [1.165, 1.54) is 12.1 Å². The first-order valence-corrected chi connectivity index (χ1v) is 9.19. The van der Waals surface area contributed by atoms with Crippen LogP contribution in [0.3, 0.4) is 0 Å². The molecule has 0 aliphatic carbocycles. The quantitative estimate of drug-likeness (QED) is 0.338. The number of carbonyl (C=O) groups excluding carboxylic acids is 1. The van der Waals surface area contributed by atoms with E-state index in [0.29, 0.717) is 6.42 Å². The van der Waals surface area contributed by atoms with Crippen LogP contribution in [0.4, 0.5) is 24.5 Å². The number of hydroxylamine groups is 1. The van der Waals surface area contributed by atoms with Gasteiger partial charge in [0, 0.05) is 0 Å². The minimum absolute atomic E-state index is 0.0983. The summed E-state index contributed by atoms with van der Waals surface area (Å²) in [6.45, 7) is 0.353. The first kappa shape index (κ1) is 22.7. The Morgan fingerprint density at radius 2 is 1.90 bits per heavy atom. The summed E-state index contributed by atoms with van der Waals surface area (Å²) >= 11 is 0. The van der Waals surface area contributed by atoms with E-state index >= 15 is 0 Å². The van der Waals surface area contributed by atoms with Crippen molar-refractivity contribution in [1.82, 2.24) is 10.8 Å². The molecule has 0 bridgehead atoms. The van der Waals surface area contributed by atoms with Crippen LogP contribution in [0.25, 0.3) is 0 Å². The Morgan fingerprint density at radius 1 is 1.10 bits per heavy atom. The fourth-order valence-electron chi connectivity index (χ4n) is 2.66. The van der Waals surface area contributed by atoms with E-state index in [2.05, 4.69) is 10.6 Å². The molecule has 0 aromatic heterocycles. The van der Waals surface area contributed by atoms with Crippen LogP contribution < -0.4 is 16.1 Å². The Bertz CT molecular complexity index is 834. The zero-order valence-electron chi connectivity index (χ0n) is 16.0. The van der Waals surface area contributed by atoms with Gasteiger partial charge in [0.2, 0.25) is 0 Å². The molecule has 0 saturated carbocycles. The highest BCUT2D eigenvalue weighted by Gasteiger charge is 2.20. The van der Waals surface area contributed by atoms with Crippen molar-refractivity contribution in [3.05, 3.63) is 58.9 Å². The van der Waals surface area contributed by atoms with Crippen LogP contribution in [0, 0.1) is 17.5 Å². The fraction of sp³-hybridized carbons (Fsp3) is 0.350. The average molecular weight is 411 g/mol. The largest absolute Gasteiger partial charge is 0.394 e. The molecule has 2 aromatic carbocycles. The SMILES string of the molecule is CNCCCCc1ccc(Nc2c(C(=O)NOCCO)ccc(F)c2F)c(F)c1. The van der Waals surface area contributed by atoms with E-state index in [4.69, 9.17) is 9.94 Å². The summed E-state index contributed by atoms with van der Waals surface area (Å²) in [6, 6.07) is 6.25. The molecule has 6 nitrogen and oxygen atoms in total. The van der Waals surface area contributed by atoms with Crippen LogP contribution in [0.2, 0.25) is 0 Å². The number of hydrogen-bond acceptors (Lipinski definition) is 5. The monoisotopic (exact) mass is 411 g/mol. The van der Waals surface area contributed by atoms with Gasteiger partial charge in [0.25, 0.3) is 5.91 Å². The molecule has 1 amide bonds. The summed E-state index contributed by atoms with van der Waals surface area (Å²) in [4.78, 5) is 16.9. The molecular formula is C20H24F3N3O3. The van der Waals surface area contributed by atoms with E-state index in [0.717, 1.165) is 37.1 Å². The molecule has 0 atom stereocenters. The van der Waals surface area contributed by atoms with E-state index in [-0.39, 0.29) is 24.5 Å². The molecule has 158 valence electrons. The minimum Gasteiger partial charge on any atom is -0.394 e. The van der Waals surface area contributed by atoms with Gasteiger partial charge in [-0.3, -0.25) is 9.63 Å². The number of hydrogen-bond donors (Lipinski definition) is 4. The predicted octanol–water partition coefficient (Wildman–Crippen LogP) is 3.04. The van der Waals surface area contributed by atoms with Crippen molar-refractivity contribution in [2.24, 2.45) is 0 Å². The number of benzene rings is 2. The summed E-state index contributed by atoms with van der Waals surface area (Å²) in [5.41, 5.74) is 1.88. The number of aliphatic hydroxyl groups is 1. The van der Waals surface area contributed by atoms with Gasteiger partial charge in [0.05, 0.1) is 30.2 Å². The van der Waals surface area contributed by atoms with E-state index in [9.17, 15) is 18.0 Å². The van der Waals surface area contributed by atoms with Crippen molar-refractivity contribution in [3.63, 3.8) is 0 Å². The highest BCUT2D eigenvalue weighted by Crippen LogP contribution is 2.28. The zero-order valence-corrected chi connectivity index (χ0v) is 16.0. The third-order valence-electron chi connectivity index (χ3n) is 4.13. The van der Waals surface area contributed by atoms with Crippen LogP contribution in [-0.4, -0.2) is 37.8 Å². The van der Waals surface area contributed by atoms with Crippen molar-refractivity contribution in [1.29, 1.82) is 0 Å². The number of aryl methyl sites for hydroxylation is 1. The lowest BCUT2D eigenvalue weighted by atomic mass is 10.1. The molecule has 0 aliphatic rings. The number of unbranched alkanes of at least 4 members (excludes halogenated alkanes) is 1. The summed E-state index contributed by atoms with van der Waals surface area (Å²) < 4.78 is 42.5. The molecule has 0 radical (unpaired) electrons. The lowest BCUT2D eigenvalue weighted by Gasteiger charge is -2.15. The first-order chi connectivity index (χ1) is 14.0. The predicted molar refractivity (Wildman–Crippen MR) is 103 cm³/mol. The normalized spacial score (nSPS) is 10.8. The third kappa shape index (κ3) is 6.45. The van der Waals surface area contributed by atoms with Gasteiger partial charge in [-0.25, -0.2) is 18.7 Å². The van der Waals surface area contributed by atoms with Crippen molar-refractivity contribution in [2.45, 2.75) is 19.3 Å². The Kier molecular flexibility index (Phi) is 8.91. The number of nitrogens with one attached hydrogen (secondary N) is 3. The zero-order chi connectivity index (χ0) is 21.2. The molecule has 29 heavy (non-hydrogen) atoms. The van der Waals surface area contributed by atoms with Gasteiger partial charge in [0.1, 0.15) is 5.82 Å². The van der Waals surface area contributed by atoms with E-state index in [1.807, 2.05) is 12.5 Å². The lowest BCUT2D eigenvalue weighted by Crippen LogP contribution is -2.26. The number of rotatable bonds is 11. The Labute approximate surface area is 167 Å². The fourth-order valence-corrected chi connectivity index (χ4v) is 2.66. The van der Waals surface area contributed by atoms with Crippen molar-refractivity contribution < 1.29 is 27.9 Å². The highest BCUT2D eigenvalue weighted by molar-refractivity contribution is 5.99. The van der Waals surface area contributed by atoms with Gasteiger partial charge >= 0.3 is 0 Å². The molecule has 2 aromatic rings. The van der Waals surface area contributed by atoms with Crippen LogP contribution in [-0.2, 0) is 11.3 Å². The average Bonchev–Trinajstić information content (AvgIpc) is 2.70. The smallest absolute Gasteiger partial charge is 0.277 e. The maximum absolute atomic E-state index is 14.5. The van der Waals surface area contributed by atoms with Crippen molar-refractivity contribution >= 4 is 17.3 Å². The molecule has 4 N–H and O–H groups in total. The molecule has 9 heteroatoms. The Hall–Kier alpha value is -2.62. The second-order valence-electron chi connectivity index (χ2n) is 6.29. The highest BCUT2D eigenvalue weighted by atomic mass is 19.2. The molecule has 0 saturated heterocycles. The summed E-state index contributed by atoms with van der Waals surface area (Å²) in [5.74, 6) is -4.04. The standard InChI is InChI=1S/C20H24F3N3O3/c1-24-9-3-2-4-13-5-8-17(16(22)12-13)25-19-14(6-7-15(21)18(19)23)20(28)26-29-11-10-27/h5-8,12,24-25,27H,2-4,9-11H2,1H3,(H,26,28). The van der Waals surface area contributed by atoms with Crippen LogP contribution in [0.15, 0.2) is 30.3 Å². The van der Waals surface area contributed by atoms with Crippen molar-refractivity contribution in [3.8, 4) is 0 Å². The first-order valence-electron chi connectivity index (χ1n) is 9.19. The maximum Gasteiger partial charge on any atom is 0.277 e. The van der Waals surface area contributed by atoms with E-state index < -0.39 is 29.0 Å². The maximum atomic E-state index is 14.5. The third-order valence-corrected chi connectivity index (χ3v) is 4.13. The molecule has 0 unspecified atom stereocenters. The lowest BCUT2D eigenvalue weighted by molar-refractivity contribution is 0.0168. The van der Waals surface area contributed by atoms with Gasteiger partial charge in [0.15, 0.2) is 11.6 Å². The minimum atomic E-state index is -1.32. The van der Waals surface area contributed by atoms with Gasteiger partial charge in [-0.1, -0.05) is 6.07 Å². The van der Waals surface area contributed by atoms with Gasteiger partial charge in [-0.15, -0.1) is 0 Å². The number of anilines is 2. The molecule has 2 rings (SSSR count). The summed E-state index contributed by atoms with van der Waals surface area (Å²) in [7, 11) is 1.86. The number of aliphatic hydroxyl groups excluding tert-OH is 1. The summed E-state index contributed by atoms with van der Waals surface area (Å²) in [5, 5.41) is 14.2. The number of amides is 1. The van der Waals surface area contributed by atoms with Crippen molar-refractivity contribution in [2.75, 3.05) is 32.1 Å². The number of carbonyl (C=O) groups is 1. The van der Waals surface area contributed by atoms with E-state index in [1.54, 1.807) is 6.07 Å². The van der Waals surface area contributed by atoms with Crippen LogP contribution >= 0.6 is 0 Å². The number of halogens is 3. The van der Waals surface area contributed by atoms with Crippen LogP contribution in [0.1, 0.15) is 28.8 Å². The molecule has 0 heterocycles. The molecular weight excluding hydrogens is 387 g/mol. The molecule has 0 aliphatic heterocycles. The molecule has 0 spiro atoms. The molecule has 0 fully saturated rings. The van der Waals surface area contributed by atoms with Gasteiger partial charge in [-0.2, -0.15) is 0 Å². The van der Waals surface area contributed by atoms with Crippen LogP contribution in [0.5, 0.6) is 0 Å². The second kappa shape index (κ2) is 11.4. The summed E-state index contributed by atoms with van der Waals surface area (Å²) in [6.07, 6.45) is 2.51. The van der Waals surface area contributed by atoms with Gasteiger partial charge in [-0.05, 0) is 62.7 Å². The topological polar surface area (TPSA) is 82.6 Å². The second-order valence-corrected chi connectivity index (χ2v) is 6.29. The van der Waals surface area contributed by atoms with Gasteiger partial charge < -0.3 is 15.7 Å². The Balaban J connectivity index is 2.20.